The predicted molar refractivity (Wildman–Crippen MR) is 61.9 cm³/mol. The molecule has 1 rings (SSSR count). The maximum absolute atomic E-state index is 11.2. The van der Waals surface area contributed by atoms with Crippen LogP contribution in [0.25, 0.3) is 0 Å². The third-order valence-corrected chi connectivity index (χ3v) is 2.77. The summed E-state index contributed by atoms with van der Waals surface area (Å²) in [5.41, 5.74) is 0.424. The summed E-state index contributed by atoms with van der Waals surface area (Å²) in [5.74, 6) is 0. The van der Waals surface area contributed by atoms with Gasteiger partial charge in [0.25, 0.3) is 0 Å². The Labute approximate surface area is 98.7 Å². The molecule has 0 unspecified atom stereocenters. The molecule has 0 bridgehead atoms. The van der Waals surface area contributed by atoms with Gasteiger partial charge < -0.3 is 15.7 Å². The zero-order valence-electron chi connectivity index (χ0n) is 8.88. The predicted octanol–water partition coefficient (Wildman–Crippen LogP) is -0.552. The van der Waals surface area contributed by atoms with E-state index in [1.807, 2.05) is 0 Å². The summed E-state index contributed by atoms with van der Waals surface area (Å²) in [6, 6.07) is 4.92. The molecule has 94 valence electrons. The van der Waals surface area contributed by atoms with Crippen molar-refractivity contribution in [1.82, 2.24) is 5.32 Å². The Morgan fingerprint density at radius 2 is 1.88 bits per heavy atom. The molecular weight excluding hydrogens is 246 g/mol. The number of rotatable bonds is 4. The van der Waals surface area contributed by atoms with Crippen LogP contribution in [0, 0.1) is 0 Å². The average molecular weight is 259 g/mol. The number of anilines is 1. The molecule has 0 fully saturated rings. The molecule has 5 N–H and O–H groups in total. The Balaban J connectivity index is 2.66. The molecule has 0 heterocycles. The summed E-state index contributed by atoms with van der Waals surface area (Å²) in [7, 11) is -3.72. The van der Waals surface area contributed by atoms with Crippen molar-refractivity contribution in [2.75, 3.05) is 18.5 Å². The van der Waals surface area contributed by atoms with Gasteiger partial charge in [-0.2, -0.15) is 0 Å². The quantitative estimate of drug-likeness (QED) is 0.579. The maximum atomic E-state index is 11.2. The van der Waals surface area contributed by atoms with Gasteiger partial charge in [-0.25, -0.2) is 18.4 Å². The Bertz CT molecular complexity index is 483. The molecule has 0 saturated heterocycles. The molecule has 0 aliphatic heterocycles. The van der Waals surface area contributed by atoms with Gasteiger partial charge in [-0.1, -0.05) is 0 Å². The fraction of sp³-hybridized carbons (Fsp3) is 0.222. The standard InChI is InChI=1S/C9H13N3O4S/c10-17(15,16)8-3-1-7(2-4-8)12-9(14)11-5-6-13/h1-4,13H,5-6H2,(H2,10,15,16)(H2,11,12,14). The second-order valence-electron chi connectivity index (χ2n) is 3.17. The first-order chi connectivity index (χ1) is 7.93. The van der Waals surface area contributed by atoms with Gasteiger partial charge in [0.15, 0.2) is 0 Å². The summed E-state index contributed by atoms with van der Waals surface area (Å²) >= 11 is 0. The van der Waals surface area contributed by atoms with Crippen molar-refractivity contribution < 1.29 is 18.3 Å². The van der Waals surface area contributed by atoms with E-state index in [0.717, 1.165) is 0 Å². The van der Waals surface area contributed by atoms with Crippen molar-refractivity contribution in [3.8, 4) is 0 Å². The number of carbonyl (C=O) groups is 1. The van der Waals surface area contributed by atoms with Crippen molar-refractivity contribution in [1.29, 1.82) is 0 Å². The number of nitrogens with two attached hydrogens (primary N) is 1. The number of nitrogens with one attached hydrogen (secondary N) is 2. The lowest BCUT2D eigenvalue weighted by atomic mass is 10.3. The van der Waals surface area contributed by atoms with Crippen LogP contribution < -0.4 is 15.8 Å². The monoisotopic (exact) mass is 259 g/mol. The molecule has 0 aliphatic carbocycles. The summed E-state index contributed by atoms with van der Waals surface area (Å²) in [5, 5.41) is 18.2. The Kier molecular flexibility index (Phi) is 4.44. The zero-order valence-corrected chi connectivity index (χ0v) is 9.70. The van der Waals surface area contributed by atoms with Crippen LogP contribution in [0.15, 0.2) is 29.2 Å². The molecule has 0 atom stereocenters. The van der Waals surface area contributed by atoms with Gasteiger partial charge in [-0.15, -0.1) is 0 Å². The van der Waals surface area contributed by atoms with Crippen LogP contribution in [-0.4, -0.2) is 32.7 Å². The smallest absolute Gasteiger partial charge is 0.319 e. The second-order valence-corrected chi connectivity index (χ2v) is 4.74. The number of urea groups is 1. The number of carbonyl (C=O) groups excluding carboxylic acids is 1. The summed E-state index contributed by atoms with van der Waals surface area (Å²) in [6.45, 7) is -0.0150. The molecule has 1 aromatic rings. The first-order valence-electron chi connectivity index (χ1n) is 4.72. The van der Waals surface area contributed by atoms with Crippen LogP contribution in [0.5, 0.6) is 0 Å². The van der Waals surface area contributed by atoms with E-state index in [2.05, 4.69) is 10.6 Å². The van der Waals surface area contributed by atoms with E-state index < -0.39 is 16.1 Å². The highest BCUT2D eigenvalue weighted by molar-refractivity contribution is 7.89. The van der Waals surface area contributed by atoms with Crippen molar-refractivity contribution in [2.24, 2.45) is 5.14 Å². The van der Waals surface area contributed by atoms with E-state index in [1.165, 1.54) is 24.3 Å². The Hall–Kier alpha value is -1.64. The third-order valence-electron chi connectivity index (χ3n) is 1.84. The number of hydrogen-bond acceptors (Lipinski definition) is 4. The van der Waals surface area contributed by atoms with E-state index >= 15 is 0 Å². The van der Waals surface area contributed by atoms with E-state index in [0.29, 0.717) is 5.69 Å². The van der Waals surface area contributed by atoms with E-state index in [4.69, 9.17) is 10.2 Å². The number of aliphatic hydroxyl groups excluding tert-OH is 1. The fourth-order valence-electron chi connectivity index (χ4n) is 1.07. The van der Waals surface area contributed by atoms with Gasteiger partial charge in [0.2, 0.25) is 10.0 Å². The number of amides is 2. The number of aliphatic hydroxyl groups is 1. The van der Waals surface area contributed by atoms with Gasteiger partial charge in [-0.3, -0.25) is 0 Å². The van der Waals surface area contributed by atoms with Gasteiger partial charge in [0.1, 0.15) is 0 Å². The summed E-state index contributed by atoms with van der Waals surface area (Å²) in [6.07, 6.45) is 0. The molecule has 2 amide bonds. The first-order valence-corrected chi connectivity index (χ1v) is 6.26. The highest BCUT2D eigenvalue weighted by Gasteiger charge is 2.07. The molecule has 0 radical (unpaired) electrons. The van der Waals surface area contributed by atoms with Crippen molar-refractivity contribution in [3.63, 3.8) is 0 Å². The highest BCUT2D eigenvalue weighted by atomic mass is 32.2. The molecule has 0 spiro atoms. The van der Waals surface area contributed by atoms with Crippen LogP contribution >= 0.6 is 0 Å². The molecule has 0 aromatic heterocycles. The third kappa shape index (κ3) is 4.39. The fourth-order valence-corrected chi connectivity index (χ4v) is 1.59. The summed E-state index contributed by atoms with van der Waals surface area (Å²) < 4.78 is 21.9. The lowest BCUT2D eigenvalue weighted by Gasteiger charge is -2.06. The van der Waals surface area contributed by atoms with Crippen LogP contribution in [0.3, 0.4) is 0 Å². The van der Waals surface area contributed by atoms with Crippen LogP contribution in [0.4, 0.5) is 10.5 Å². The average Bonchev–Trinajstić information content (AvgIpc) is 2.26. The van der Waals surface area contributed by atoms with Crippen molar-refractivity contribution >= 4 is 21.7 Å². The summed E-state index contributed by atoms with van der Waals surface area (Å²) in [4.78, 5) is 11.1. The van der Waals surface area contributed by atoms with Gasteiger partial charge in [0, 0.05) is 12.2 Å². The minimum atomic E-state index is -3.72. The lowest BCUT2D eigenvalue weighted by molar-refractivity contribution is 0.245. The second kappa shape index (κ2) is 5.62. The molecule has 1 aromatic carbocycles. The van der Waals surface area contributed by atoms with E-state index in [9.17, 15) is 13.2 Å². The number of sulfonamides is 1. The Morgan fingerprint density at radius 1 is 1.29 bits per heavy atom. The van der Waals surface area contributed by atoms with Gasteiger partial charge in [0.05, 0.1) is 11.5 Å². The maximum Gasteiger partial charge on any atom is 0.319 e. The SMILES string of the molecule is NS(=O)(=O)c1ccc(NC(=O)NCCO)cc1. The van der Waals surface area contributed by atoms with Crippen molar-refractivity contribution in [2.45, 2.75) is 4.90 Å². The molecule has 17 heavy (non-hydrogen) atoms. The largest absolute Gasteiger partial charge is 0.395 e. The number of primary sulfonamides is 1. The molecular formula is C9H13N3O4S. The normalized spacial score (nSPS) is 10.9. The molecule has 8 heteroatoms. The lowest BCUT2D eigenvalue weighted by Crippen LogP contribution is -2.30. The van der Waals surface area contributed by atoms with E-state index in [-0.39, 0.29) is 18.0 Å². The zero-order chi connectivity index (χ0) is 12.9. The Morgan fingerprint density at radius 3 is 2.35 bits per heavy atom. The van der Waals surface area contributed by atoms with Crippen molar-refractivity contribution in [3.05, 3.63) is 24.3 Å². The molecule has 7 nitrogen and oxygen atoms in total. The number of benzene rings is 1. The van der Waals surface area contributed by atoms with E-state index in [1.54, 1.807) is 0 Å². The molecule has 0 aliphatic rings. The van der Waals surface area contributed by atoms with Crippen LogP contribution in [0.1, 0.15) is 0 Å². The van der Waals surface area contributed by atoms with Gasteiger partial charge in [-0.05, 0) is 24.3 Å². The minimum absolute atomic E-state index is 0.0289. The molecule has 0 saturated carbocycles. The number of hydrogen-bond donors (Lipinski definition) is 4. The van der Waals surface area contributed by atoms with Crippen LogP contribution in [-0.2, 0) is 10.0 Å². The highest BCUT2D eigenvalue weighted by Crippen LogP contribution is 2.12. The van der Waals surface area contributed by atoms with Crippen LogP contribution in [0.2, 0.25) is 0 Å². The first kappa shape index (κ1) is 13.4. The minimum Gasteiger partial charge on any atom is -0.395 e. The van der Waals surface area contributed by atoms with Gasteiger partial charge >= 0.3 is 6.03 Å². The topological polar surface area (TPSA) is 122 Å².